The number of rotatable bonds is 3. The van der Waals surface area contributed by atoms with E-state index >= 15 is 0 Å². The summed E-state index contributed by atoms with van der Waals surface area (Å²) < 4.78 is 0. The minimum Gasteiger partial charge on any atom is -0.356 e. The fourth-order valence-electron chi connectivity index (χ4n) is 5.78. The Morgan fingerprint density at radius 1 is 0.775 bits per heavy atom. The van der Waals surface area contributed by atoms with E-state index in [0.717, 1.165) is 107 Å². The summed E-state index contributed by atoms with van der Waals surface area (Å²) in [7, 11) is 0. The van der Waals surface area contributed by atoms with Gasteiger partial charge < -0.3 is 10.2 Å². The molecule has 0 amide bonds. The van der Waals surface area contributed by atoms with Gasteiger partial charge in [-0.1, -0.05) is 19.0 Å². The molecule has 2 atom stereocenters. The molecule has 0 bridgehead atoms. The number of anilines is 1. The van der Waals surface area contributed by atoms with Gasteiger partial charge in [0.1, 0.15) is 11.0 Å². The average Bonchev–Trinajstić information content (AvgIpc) is 3.60. The third-order valence-electron chi connectivity index (χ3n) is 7.72. The van der Waals surface area contributed by atoms with E-state index in [9.17, 15) is 0 Å². The van der Waals surface area contributed by atoms with Crippen molar-refractivity contribution >= 4 is 40.6 Å². The summed E-state index contributed by atoms with van der Waals surface area (Å²) >= 11 is 17.5. The molecule has 2 fully saturated rings. The number of fused-ring (bicyclic) bond motifs is 2. The van der Waals surface area contributed by atoms with Crippen molar-refractivity contribution in [3.63, 3.8) is 0 Å². The van der Waals surface area contributed by atoms with Crippen LogP contribution in [0.5, 0.6) is 0 Å². The number of hydrogen-bond donors (Lipinski definition) is 1. The lowest BCUT2D eigenvalue weighted by atomic mass is 9.95. The van der Waals surface area contributed by atoms with Gasteiger partial charge in [0.25, 0.3) is 0 Å². The van der Waals surface area contributed by atoms with Crippen molar-refractivity contribution in [3.8, 4) is 12.1 Å². The second kappa shape index (κ2) is 16.3. The van der Waals surface area contributed by atoms with Crippen LogP contribution in [0.2, 0.25) is 15.7 Å². The summed E-state index contributed by atoms with van der Waals surface area (Å²) in [6.45, 7) is 4.13. The molecule has 0 unspecified atom stereocenters. The third kappa shape index (κ3) is 8.88. The molecule has 1 N–H and O–H groups in total. The normalized spacial score (nSPS) is 20.8. The van der Waals surface area contributed by atoms with Crippen LogP contribution in [-0.2, 0) is 25.7 Å². The summed E-state index contributed by atoms with van der Waals surface area (Å²) in [5.41, 5.74) is 4.51. The summed E-state index contributed by atoms with van der Waals surface area (Å²) in [6, 6.07) is 4.49. The van der Waals surface area contributed by atoms with Crippen LogP contribution in [-0.4, -0.2) is 46.1 Å². The van der Waals surface area contributed by atoms with Gasteiger partial charge in [-0.3, -0.25) is 0 Å². The number of nitrogens with zero attached hydrogens (tertiary/aromatic N) is 7. The monoisotopic (exact) mass is 604 g/mol. The van der Waals surface area contributed by atoms with Crippen LogP contribution in [0.15, 0.2) is 0 Å². The Balaban J connectivity index is 0.000000179. The predicted octanol–water partition coefficient (Wildman–Crippen LogP) is 6.56. The molecule has 0 aromatic carbocycles. The maximum Gasteiger partial charge on any atom is 0.224 e. The van der Waals surface area contributed by atoms with Gasteiger partial charge >= 0.3 is 0 Å². The summed E-state index contributed by atoms with van der Waals surface area (Å²) in [5, 5.41) is 21.6. The van der Waals surface area contributed by atoms with Crippen LogP contribution >= 0.6 is 34.8 Å². The molecule has 2 aliphatic heterocycles. The Labute approximate surface area is 253 Å². The fourth-order valence-corrected chi connectivity index (χ4v) is 6.48. The van der Waals surface area contributed by atoms with Crippen molar-refractivity contribution in [2.24, 2.45) is 11.8 Å². The lowest BCUT2D eigenvalue weighted by Gasteiger charge is -2.33. The van der Waals surface area contributed by atoms with Crippen molar-refractivity contribution in [1.82, 2.24) is 25.3 Å². The largest absolute Gasteiger partial charge is 0.356 e. The van der Waals surface area contributed by atoms with Gasteiger partial charge in [0.2, 0.25) is 10.6 Å². The molecule has 8 nitrogen and oxygen atoms in total. The van der Waals surface area contributed by atoms with Crippen LogP contribution in [0.4, 0.5) is 5.82 Å². The molecule has 2 aromatic rings. The minimum atomic E-state index is 0. The molecule has 2 aliphatic carbocycles. The highest BCUT2D eigenvalue weighted by molar-refractivity contribution is 6.32. The van der Waals surface area contributed by atoms with E-state index in [1.807, 2.05) is 0 Å². The third-order valence-corrected chi connectivity index (χ3v) is 8.37. The van der Waals surface area contributed by atoms with Crippen LogP contribution in [0, 0.1) is 34.5 Å². The van der Waals surface area contributed by atoms with E-state index in [1.165, 1.54) is 18.4 Å². The second-order valence-corrected chi connectivity index (χ2v) is 11.6. The quantitative estimate of drug-likeness (QED) is 0.309. The van der Waals surface area contributed by atoms with E-state index in [1.54, 1.807) is 0 Å². The van der Waals surface area contributed by atoms with Crippen molar-refractivity contribution < 1.29 is 0 Å². The van der Waals surface area contributed by atoms with E-state index in [-0.39, 0.29) is 12.7 Å². The van der Waals surface area contributed by atoms with E-state index in [4.69, 9.17) is 45.3 Å². The molecule has 2 aromatic heterocycles. The highest BCUT2D eigenvalue weighted by Crippen LogP contribution is 2.33. The van der Waals surface area contributed by atoms with Gasteiger partial charge in [-0.25, -0.2) is 19.9 Å². The minimum absolute atomic E-state index is 0. The molecule has 40 heavy (non-hydrogen) atoms. The zero-order valence-electron chi connectivity index (χ0n) is 22.2. The van der Waals surface area contributed by atoms with Gasteiger partial charge in [0, 0.05) is 37.1 Å². The van der Waals surface area contributed by atoms with Crippen LogP contribution < -0.4 is 10.2 Å². The smallest absolute Gasteiger partial charge is 0.224 e. The Morgan fingerprint density at radius 2 is 1.40 bits per heavy atom. The fraction of sp³-hybridized carbons (Fsp3) is 0.655. The molecular formula is C29H39Cl3N8. The topological polar surface area (TPSA) is 114 Å². The first-order chi connectivity index (χ1) is 19.0. The molecule has 4 heterocycles. The zero-order valence-corrected chi connectivity index (χ0v) is 24.5. The van der Waals surface area contributed by atoms with Crippen LogP contribution in [0.3, 0.4) is 0 Å². The molecule has 2 saturated heterocycles. The number of hydrogen-bond acceptors (Lipinski definition) is 8. The SMILES string of the molecule is C.Clc1nc(Cl)c2c(n1)CCC2.N#CC[C@@H]1CCCN(c2nc(Cl)nc3c2CCC3)C1.N#CC[C@@H]1CCCNC1. The molecule has 0 saturated carbocycles. The molecule has 0 radical (unpaired) electrons. The Hall–Kier alpha value is -2.23. The van der Waals surface area contributed by atoms with Gasteiger partial charge in [-0.05, 0) is 112 Å². The maximum atomic E-state index is 8.86. The number of piperidine rings is 2. The number of nitriles is 2. The van der Waals surface area contributed by atoms with Crippen molar-refractivity contribution in [2.75, 3.05) is 31.1 Å². The molecule has 216 valence electrons. The van der Waals surface area contributed by atoms with E-state index in [2.05, 4.69) is 42.3 Å². The Bertz CT molecular complexity index is 1200. The first kappa shape index (κ1) is 32.3. The summed E-state index contributed by atoms with van der Waals surface area (Å²) in [5.74, 6) is 2.11. The molecule has 0 spiro atoms. The molecule has 4 aliphatic rings. The number of aromatic nitrogens is 4. The summed E-state index contributed by atoms with van der Waals surface area (Å²) in [4.78, 5) is 19.1. The Morgan fingerprint density at radius 3 is 2.08 bits per heavy atom. The zero-order chi connectivity index (χ0) is 27.6. The van der Waals surface area contributed by atoms with Crippen molar-refractivity contribution in [3.05, 3.63) is 38.2 Å². The highest BCUT2D eigenvalue weighted by atomic mass is 35.5. The van der Waals surface area contributed by atoms with Crippen LogP contribution in [0.1, 0.15) is 81.3 Å². The average molecular weight is 606 g/mol. The predicted molar refractivity (Wildman–Crippen MR) is 161 cm³/mol. The maximum absolute atomic E-state index is 8.86. The number of nitrogens with one attached hydrogen (secondary N) is 1. The van der Waals surface area contributed by atoms with Gasteiger partial charge in [0.15, 0.2) is 0 Å². The number of halogens is 3. The first-order valence-corrected chi connectivity index (χ1v) is 15.1. The lowest BCUT2D eigenvalue weighted by Crippen LogP contribution is -2.36. The van der Waals surface area contributed by atoms with Gasteiger partial charge in [-0.15, -0.1) is 0 Å². The van der Waals surface area contributed by atoms with Crippen LogP contribution in [0.25, 0.3) is 0 Å². The summed E-state index contributed by atoms with van der Waals surface area (Å²) in [6.07, 6.45) is 12.4. The standard InChI is InChI=1S/C14H17ClN4.C7H6Cl2N2.C7H12N2.CH4/c15-14-17-12-5-1-4-11(12)13(18-14)19-8-2-3-10(9-19)6-7-16;8-6-4-2-1-3-5(4)10-7(9)11-6;8-4-3-7-2-1-5-9-6-7;/h10H,1-6,8-9H2;1-3H2;7,9H,1-3,5-6H2;1H4/t10-;;7-;/m0.0./s1. The highest BCUT2D eigenvalue weighted by Gasteiger charge is 2.26. The molecule has 11 heteroatoms. The van der Waals surface area contributed by atoms with Gasteiger partial charge in [0.05, 0.1) is 23.5 Å². The van der Waals surface area contributed by atoms with Gasteiger partial charge in [-0.2, -0.15) is 10.5 Å². The first-order valence-electron chi connectivity index (χ1n) is 13.9. The molecule has 6 rings (SSSR count). The van der Waals surface area contributed by atoms with E-state index in [0.29, 0.717) is 28.7 Å². The second-order valence-electron chi connectivity index (χ2n) is 10.5. The lowest BCUT2D eigenvalue weighted by molar-refractivity contribution is 0.383. The Kier molecular flexibility index (Phi) is 13.1. The van der Waals surface area contributed by atoms with Crippen molar-refractivity contribution in [1.29, 1.82) is 10.5 Å². The van der Waals surface area contributed by atoms with Crippen molar-refractivity contribution in [2.45, 2.75) is 84.5 Å². The number of aryl methyl sites for hydroxylation is 2. The molecular weight excluding hydrogens is 567 g/mol. The van der Waals surface area contributed by atoms with E-state index < -0.39 is 0 Å².